The first-order valence-electron chi connectivity index (χ1n) is 16.4. The Hall–Kier alpha value is -3.67. The molecule has 2 saturated heterocycles. The maximum atomic E-state index is 6.71. The molecule has 4 nitrogen and oxygen atoms in total. The van der Waals surface area contributed by atoms with Crippen molar-refractivity contribution < 1.29 is 18.6 Å². The highest BCUT2D eigenvalue weighted by Gasteiger charge is 2.53. The highest BCUT2D eigenvalue weighted by Crippen LogP contribution is 2.45. The fourth-order valence-corrected chi connectivity index (χ4v) is 7.09. The van der Waals surface area contributed by atoms with Crippen molar-refractivity contribution in [2.75, 3.05) is 0 Å². The average molecular weight is 606 g/mol. The smallest absolute Gasteiger partial charge is 0.399 e. The SMILES string of the molecule is CC1(C)OB(c2cc(-c3ccccc3)c3ccc4c(B5OC(C)(C)C(C)(C)O5)cc(-c5ccccc5)c5ccc2c3c45)OC1(C)C. The van der Waals surface area contributed by atoms with E-state index in [2.05, 4.69) is 152 Å². The molecule has 0 spiro atoms. The summed E-state index contributed by atoms with van der Waals surface area (Å²) in [4.78, 5) is 0. The molecule has 0 unspecified atom stereocenters. The third-order valence-electron chi connectivity index (χ3n) is 11.1. The van der Waals surface area contributed by atoms with Gasteiger partial charge in [-0.1, -0.05) is 97.1 Å². The van der Waals surface area contributed by atoms with Crippen LogP contribution in [-0.2, 0) is 18.6 Å². The maximum absolute atomic E-state index is 6.71. The zero-order chi connectivity index (χ0) is 32.2. The molecule has 2 heterocycles. The van der Waals surface area contributed by atoms with Gasteiger partial charge in [-0.15, -0.1) is 0 Å². The minimum absolute atomic E-state index is 0.459. The van der Waals surface area contributed by atoms with E-state index >= 15 is 0 Å². The molecule has 0 saturated carbocycles. The van der Waals surface area contributed by atoms with Crippen LogP contribution in [0.4, 0.5) is 0 Å². The molecule has 0 bridgehead atoms. The van der Waals surface area contributed by atoms with E-state index in [1.165, 1.54) is 21.5 Å². The Kier molecular flexibility index (Phi) is 6.41. The zero-order valence-corrected chi connectivity index (χ0v) is 28.0. The van der Waals surface area contributed by atoms with Crippen LogP contribution in [-0.4, -0.2) is 36.6 Å². The van der Waals surface area contributed by atoms with Crippen molar-refractivity contribution in [2.24, 2.45) is 0 Å². The summed E-state index contributed by atoms with van der Waals surface area (Å²) in [5.74, 6) is 0. The monoisotopic (exact) mass is 606 g/mol. The topological polar surface area (TPSA) is 36.9 Å². The molecule has 8 rings (SSSR count). The second kappa shape index (κ2) is 9.92. The Labute approximate surface area is 272 Å². The van der Waals surface area contributed by atoms with Crippen LogP contribution in [0.2, 0.25) is 0 Å². The molecule has 46 heavy (non-hydrogen) atoms. The van der Waals surface area contributed by atoms with E-state index < -0.39 is 36.6 Å². The fraction of sp³-hybridized carbons (Fsp3) is 0.300. The van der Waals surface area contributed by atoms with E-state index in [1.807, 2.05) is 0 Å². The molecule has 2 fully saturated rings. The second-order valence-corrected chi connectivity index (χ2v) is 15.0. The first-order chi connectivity index (χ1) is 21.8. The molecular formula is C40H40B2O4. The van der Waals surface area contributed by atoms with E-state index in [0.29, 0.717) is 0 Å². The standard InChI is InChI=1S/C40H40B2O4/c1-37(2)38(3,4)44-41(43-37)33-23-31(25-15-11-9-12-16-25)27-20-22-30-34(42-45-39(5,6)40(7,8)46-42)24-32(26-17-13-10-14-18-26)28-19-21-29(33)35(27)36(28)30/h9-24H,1-8H3. The van der Waals surface area contributed by atoms with Gasteiger partial charge in [0.2, 0.25) is 0 Å². The average Bonchev–Trinajstić information content (AvgIpc) is 3.39. The lowest BCUT2D eigenvalue weighted by molar-refractivity contribution is 0.00578. The second-order valence-electron chi connectivity index (χ2n) is 15.0. The van der Waals surface area contributed by atoms with Gasteiger partial charge in [0.05, 0.1) is 22.4 Å². The molecule has 6 heteroatoms. The van der Waals surface area contributed by atoms with Crippen LogP contribution in [0.1, 0.15) is 55.4 Å². The predicted molar refractivity (Wildman–Crippen MR) is 192 cm³/mol. The zero-order valence-electron chi connectivity index (χ0n) is 28.0. The lowest BCUT2D eigenvalue weighted by atomic mass is 9.70. The van der Waals surface area contributed by atoms with Crippen LogP contribution < -0.4 is 10.9 Å². The summed E-state index contributed by atoms with van der Waals surface area (Å²) in [5, 5.41) is 7.08. The Morgan fingerprint density at radius 3 is 1.02 bits per heavy atom. The molecule has 0 radical (unpaired) electrons. The minimum atomic E-state index is -0.506. The third kappa shape index (κ3) is 4.31. The quantitative estimate of drug-likeness (QED) is 0.149. The Balaban J connectivity index is 1.49. The third-order valence-corrected chi connectivity index (χ3v) is 11.1. The van der Waals surface area contributed by atoms with Crippen molar-refractivity contribution in [2.45, 2.75) is 77.8 Å². The van der Waals surface area contributed by atoms with E-state index in [-0.39, 0.29) is 0 Å². The van der Waals surface area contributed by atoms with Gasteiger partial charge in [-0.05, 0) is 121 Å². The Morgan fingerprint density at radius 1 is 0.391 bits per heavy atom. The molecule has 0 N–H and O–H groups in total. The van der Waals surface area contributed by atoms with Crippen LogP contribution in [0.5, 0.6) is 0 Å². The number of benzene rings is 6. The van der Waals surface area contributed by atoms with Gasteiger partial charge in [-0.2, -0.15) is 0 Å². The van der Waals surface area contributed by atoms with Crippen LogP contribution in [0.15, 0.2) is 97.1 Å². The normalized spacial score (nSPS) is 20.0. The van der Waals surface area contributed by atoms with Gasteiger partial charge in [0.25, 0.3) is 0 Å². The van der Waals surface area contributed by atoms with Crippen molar-refractivity contribution in [1.82, 2.24) is 0 Å². The van der Waals surface area contributed by atoms with Gasteiger partial charge < -0.3 is 18.6 Å². The number of rotatable bonds is 4. The van der Waals surface area contributed by atoms with Crippen molar-refractivity contribution >= 4 is 57.5 Å². The molecule has 6 aromatic rings. The highest BCUT2D eigenvalue weighted by molar-refractivity contribution is 6.67. The number of hydrogen-bond acceptors (Lipinski definition) is 4. The summed E-state index contributed by atoms with van der Waals surface area (Å²) in [6.07, 6.45) is 0. The maximum Gasteiger partial charge on any atom is 0.495 e. The summed E-state index contributed by atoms with van der Waals surface area (Å²) in [7, 11) is -1.01. The van der Waals surface area contributed by atoms with Crippen LogP contribution in [0, 0.1) is 0 Å². The number of hydrogen-bond donors (Lipinski definition) is 0. The lowest BCUT2D eigenvalue weighted by Gasteiger charge is -2.32. The van der Waals surface area contributed by atoms with E-state index in [4.69, 9.17) is 18.6 Å². The molecule has 6 aromatic carbocycles. The van der Waals surface area contributed by atoms with Crippen LogP contribution in [0.25, 0.3) is 54.6 Å². The summed E-state index contributed by atoms with van der Waals surface area (Å²) in [6, 6.07) is 34.9. The van der Waals surface area contributed by atoms with Crippen molar-refractivity contribution in [3.63, 3.8) is 0 Å². The van der Waals surface area contributed by atoms with Crippen LogP contribution >= 0.6 is 0 Å². The van der Waals surface area contributed by atoms with Crippen molar-refractivity contribution in [3.8, 4) is 22.3 Å². The van der Waals surface area contributed by atoms with Crippen molar-refractivity contribution in [3.05, 3.63) is 97.1 Å². The van der Waals surface area contributed by atoms with E-state index in [9.17, 15) is 0 Å². The molecule has 0 aromatic heterocycles. The molecule has 2 aliphatic rings. The fourth-order valence-electron chi connectivity index (χ4n) is 7.09. The van der Waals surface area contributed by atoms with Gasteiger partial charge in [0.15, 0.2) is 0 Å². The molecule has 2 aliphatic heterocycles. The summed E-state index contributed by atoms with van der Waals surface area (Å²) < 4.78 is 26.9. The van der Waals surface area contributed by atoms with Gasteiger partial charge in [-0.25, -0.2) is 0 Å². The molecule has 230 valence electrons. The summed E-state index contributed by atoms with van der Waals surface area (Å²) in [6.45, 7) is 16.9. The van der Waals surface area contributed by atoms with Gasteiger partial charge in [-0.3, -0.25) is 0 Å². The highest BCUT2D eigenvalue weighted by atomic mass is 16.7. The van der Waals surface area contributed by atoms with Gasteiger partial charge in [0.1, 0.15) is 0 Å². The van der Waals surface area contributed by atoms with Gasteiger partial charge >= 0.3 is 14.2 Å². The molecule has 0 aliphatic carbocycles. The Bertz CT molecular complexity index is 1930. The van der Waals surface area contributed by atoms with Crippen LogP contribution in [0.3, 0.4) is 0 Å². The van der Waals surface area contributed by atoms with E-state index in [0.717, 1.165) is 44.0 Å². The summed E-state index contributed by atoms with van der Waals surface area (Å²) in [5.41, 5.74) is 4.89. The van der Waals surface area contributed by atoms with E-state index in [1.54, 1.807) is 0 Å². The first-order valence-corrected chi connectivity index (χ1v) is 16.4. The van der Waals surface area contributed by atoms with Gasteiger partial charge in [0, 0.05) is 0 Å². The molecule has 0 amide bonds. The Morgan fingerprint density at radius 2 is 0.696 bits per heavy atom. The lowest BCUT2D eigenvalue weighted by Crippen LogP contribution is -2.41. The minimum Gasteiger partial charge on any atom is -0.399 e. The molecular weight excluding hydrogens is 566 g/mol. The van der Waals surface area contributed by atoms with Crippen molar-refractivity contribution in [1.29, 1.82) is 0 Å². The predicted octanol–water partition coefficient (Wildman–Crippen LogP) is 8.52. The molecule has 0 atom stereocenters. The summed E-state index contributed by atoms with van der Waals surface area (Å²) >= 11 is 0. The first kappa shape index (κ1) is 29.7. The largest absolute Gasteiger partial charge is 0.495 e.